The van der Waals surface area contributed by atoms with Crippen LogP contribution < -0.4 is 5.32 Å². The van der Waals surface area contributed by atoms with E-state index in [4.69, 9.17) is 4.98 Å². The van der Waals surface area contributed by atoms with Crippen LogP contribution >= 0.6 is 22.7 Å². The highest BCUT2D eigenvalue weighted by molar-refractivity contribution is 7.18. The molecule has 1 aliphatic rings. The molecule has 3 aromatic rings. The molecule has 0 saturated heterocycles. The van der Waals surface area contributed by atoms with Crippen LogP contribution in [0, 0.1) is 5.92 Å². The minimum atomic E-state index is -0.0195. The lowest BCUT2D eigenvalue weighted by Gasteiger charge is -2.26. The molecule has 3 nitrogen and oxygen atoms in total. The third-order valence-electron chi connectivity index (χ3n) is 4.65. The van der Waals surface area contributed by atoms with Gasteiger partial charge in [0.25, 0.3) is 0 Å². The number of hydrogen-bond donors (Lipinski definition) is 1. The first-order valence-electron chi connectivity index (χ1n) is 8.62. The Morgan fingerprint density at radius 1 is 1.16 bits per heavy atom. The Balaban J connectivity index is 1.46. The van der Waals surface area contributed by atoms with Gasteiger partial charge in [0.2, 0.25) is 5.91 Å². The molecule has 1 aliphatic carbocycles. The van der Waals surface area contributed by atoms with E-state index in [0.717, 1.165) is 29.8 Å². The van der Waals surface area contributed by atoms with Crippen LogP contribution in [0.5, 0.6) is 0 Å². The van der Waals surface area contributed by atoms with E-state index in [1.54, 1.807) is 22.7 Å². The summed E-state index contributed by atoms with van der Waals surface area (Å²) in [5.41, 5.74) is 1.04. The lowest BCUT2D eigenvalue weighted by Crippen LogP contribution is -2.36. The van der Waals surface area contributed by atoms with Gasteiger partial charge in [0.15, 0.2) is 0 Å². The van der Waals surface area contributed by atoms with Crippen molar-refractivity contribution in [3.05, 3.63) is 63.8 Å². The number of carbonyl (C=O) groups excluding carboxylic acids is 1. The fourth-order valence-corrected chi connectivity index (χ4v) is 5.18. The van der Waals surface area contributed by atoms with Gasteiger partial charge in [0.1, 0.15) is 0 Å². The van der Waals surface area contributed by atoms with Crippen molar-refractivity contribution in [1.82, 2.24) is 10.3 Å². The van der Waals surface area contributed by atoms with E-state index in [-0.39, 0.29) is 17.7 Å². The van der Waals surface area contributed by atoms with Crippen LogP contribution in [0.2, 0.25) is 0 Å². The third kappa shape index (κ3) is 3.67. The molecule has 2 aromatic heterocycles. The largest absolute Gasteiger partial charge is 0.355 e. The van der Waals surface area contributed by atoms with Gasteiger partial charge in [-0.1, -0.05) is 30.4 Å². The van der Waals surface area contributed by atoms with E-state index >= 15 is 0 Å². The summed E-state index contributed by atoms with van der Waals surface area (Å²) in [7, 11) is 0. The van der Waals surface area contributed by atoms with Crippen molar-refractivity contribution in [2.24, 2.45) is 5.92 Å². The summed E-state index contributed by atoms with van der Waals surface area (Å²) in [6.07, 6.45) is 6.91. The molecule has 0 bridgehead atoms. The van der Waals surface area contributed by atoms with Gasteiger partial charge in [-0.2, -0.15) is 0 Å². The summed E-state index contributed by atoms with van der Waals surface area (Å²) in [6.45, 7) is 0.701. The van der Waals surface area contributed by atoms with Gasteiger partial charge < -0.3 is 5.32 Å². The molecule has 1 amide bonds. The normalized spacial score (nSPS) is 20.0. The fourth-order valence-electron chi connectivity index (χ4n) is 3.32. The average molecular weight is 369 g/mol. The molecule has 2 unspecified atom stereocenters. The van der Waals surface area contributed by atoms with E-state index < -0.39 is 0 Å². The second kappa shape index (κ2) is 7.50. The van der Waals surface area contributed by atoms with Crippen LogP contribution in [-0.2, 0) is 11.2 Å². The Bertz CT molecular complexity index is 849. The maximum atomic E-state index is 12.8. The van der Waals surface area contributed by atoms with Crippen molar-refractivity contribution in [1.29, 1.82) is 0 Å². The topological polar surface area (TPSA) is 42.0 Å². The molecule has 5 heteroatoms. The summed E-state index contributed by atoms with van der Waals surface area (Å²) < 4.78 is 1.20. The number of amides is 1. The highest BCUT2D eigenvalue weighted by Crippen LogP contribution is 2.38. The van der Waals surface area contributed by atoms with Crippen molar-refractivity contribution < 1.29 is 4.79 Å². The Labute approximate surface area is 155 Å². The molecular formula is C20H20N2OS2. The molecule has 0 spiro atoms. The first-order valence-corrected chi connectivity index (χ1v) is 10.3. The van der Waals surface area contributed by atoms with E-state index in [9.17, 15) is 4.79 Å². The highest BCUT2D eigenvalue weighted by atomic mass is 32.1. The number of thiazole rings is 1. The van der Waals surface area contributed by atoms with Gasteiger partial charge in [0.05, 0.1) is 21.1 Å². The number of rotatable bonds is 5. The van der Waals surface area contributed by atoms with E-state index in [1.165, 1.54) is 9.58 Å². The number of thiophene rings is 1. The van der Waals surface area contributed by atoms with E-state index in [2.05, 4.69) is 41.0 Å². The van der Waals surface area contributed by atoms with Crippen LogP contribution in [0.3, 0.4) is 0 Å². The SMILES string of the molecule is O=C(NCCc1cccs1)C1CC=CCC1c1nc2ccccc2s1. The number of benzene rings is 1. The Hall–Kier alpha value is -1.98. The van der Waals surface area contributed by atoms with Gasteiger partial charge in [0, 0.05) is 17.3 Å². The average Bonchev–Trinajstić information content (AvgIpc) is 3.31. The number of nitrogens with zero attached hydrogens (tertiary/aromatic N) is 1. The van der Waals surface area contributed by atoms with E-state index in [0.29, 0.717) is 6.54 Å². The van der Waals surface area contributed by atoms with Crippen LogP contribution in [0.15, 0.2) is 53.9 Å². The molecule has 0 radical (unpaired) electrons. The van der Waals surface area contributed by atoms with Crippen LogP contribution in [-0.4, -0.2) is 17.4 Å². The third-order valence-corrected chi connectivity index (χ3v) is 6.75. The van der Waals surface area contributed by atoms with Crippen molar-refractivity contribution in [2.45, 2.75) is 25.2 Å². The molecule has 4 rings (SSSR count). The Morgan fingerprint density at radius 2 is 2.04 bits per heavy atom. The zero-order valence-corrected chi connectivity index (χ0v) is 15.5. The second-order valence-corrected chi connectivity index (χ2v) is 8.39. The van der Waals surface area contributed by atoms with Gasteiger partial charge in [-0.15, -0.1) is 22.7 Å². The molecule has 1 N–H and O–H groups in total. The number of allylic oxidation sites excluding steroid dienone is 2. The zero-order valence-electron chi connectivity index (χ0n) is 13.9. The predicted octanol–water partition coefficient (Wildman–Crippen LogP) is 4.77. The molecule has 25 heavy (non-hydrogen) atoms. The Kier molecular flexibility index (Phi) is 4.95. The molecule has 2 atom stereocenters. The van der Waals surface area contributed by atoms with Crippen molar-refractivity contribution in [2.75, 3.05) is 6.54 Å². The number of hydrogen-bond acceptors (Lipinski definition) is 4. The molecule has 1 aromatic carbocycles. The number of para-hydroxylation sites is 1. The lowest BCUT2D eigenvalue weighted by atomic mass is 9.82. The monoisotopic (exact) mass is 368 g/mol. The summed E-state index contributed by atoms with van der Waals surface area (Å²) in [5, 5.41) is 6.30. The molecule has 0 saturated carbocycles. The molecule has 0 fully saturated rings. The first kappa shape index (κ1) is 16.5. The second-order valence-electron chi connectivity index (χ2n) is 6.30. The van der Waals surface area contributed by atoms with E-state index in [1.807, 2.05) is 18.2 Å². The number of carbonyl (C=O) groups is 1. The minimum Gasteiger partial charge on any atom is -0.355 e. The predicted molar refractivity (Wildman–Crippen MR) is 105 cm³/mol. The molecule has 0 aliphatic heterocycles. The smallest absolute Gasteiger partial charge is 0.224 e. The highest BCUT2D eigenvalue weighted by Gasteiger charge is 2.32. The fraction of sp³-hybridized carbons (Fsp3) is 0.300. The number of fused-ring (bicyclic) bond motifs is 1. The maximum Gasteiger partial charge on any atom is 0.224 e. The first-order chi connectivity index (χ1) is 12.3. The lowest BCUT2D eigenvalue weighted by molar-refractivity contribution is -0.125. The molecular weight excluding hydrogens is 348 g/mol. The van der Waals surface area contributed by atoms with Gasteiger partial charge in [-0.05, 0) is 42.8 Å². The van der Waals surface area contributed by atoms with Crippen LogP contribution in [0.4, 0.5) is 0 Å². The van der Waals surface area contributed by atoms with Crippen LogP contribution in [0.1, 0.15) is 28.6 Å². The van der Waals surface area contributed by atoms with Crippen molar-refractivity contribution in [3.8, 4) is 0 Å². The number of aromatic nitrogens is 1. The zero-order chi connectivity index (χ0) is 17.1. The minimum absolute atomic E-state index is 0.0195. The van der Waals surface area contributed by atoms with Crippen LogP contribution in [0.25, 0.3) is 10.2 Å². The summed E-state index contributed by atoms with van der Waals surface area (Å²) in [5.74, 6) is 0.322. The summed E-state index contributed by atoms with van der Waals surface area (Å²) >= 11 is 3.46. The quantitative estimate of drug-likeness (QED) is 0.659. The van der Waals surface area contributed by atoms with Gasteiger partial charge in [-0.3, -0.25) is 4.79 Å². The summed E-state index contributed by atoms with van der Waals surface area (Å²) in [6, 6.07) is 12.4. The summed E-state index contributed by atoms with van der Waals surface area (Å²) in [4.78, 5) is 18.9. The molecule has 128 valence electrons. The van der Waals surface area contributed by atoms with Gasteiger partial charge in [-0.25, -0.2) is 4.98 Å². The van der Waals surface area contributed by atoms with Crippen molar-refractivity contribution >= 4 is 38.8 Å². The standard InChI is InChI=1S/C20H20N2OS2/c23-19(21-12-11-14-6-5-13-24-14)15-7-1-2-8-16(15)20-22-17-9-3-4-10-18(17)25-20/h1-6,9-10,13,15-16H,7-8,11-12H2,(H,21,23). The maximum absolute atomic E-state index is 12.8. The van der Waals surface area contributed by atoms with Crippen molar-refractivity contribution in [3.63, 3.8) is 0 Å². The molecule has 2 heterocycles. The Morgan fingerprint density at radius 3 is 2.88 bits per heavy atom. The van der Waals surface area contributed by atoms with Gasteiger partial charge >= 0.3 is 0 Å². The number of nitrogens with one attached hydrogen (secondary N) is 1.